The molecule has 86 valence electrons. The number of aromatic nitrogens is 2. The monoisotopic (exact) mass is 220 g/mol. The Hall–Kier alpha value is -1.52. The minimum Gasteiger partial charge on any atom is -0.503 e. The molecule has 0 amide bonds. The highest BCUT2D eigenvalue weighted by Gasteiger charge is 2.25. The maximum absolute atomic E-state index is 9.94. The fourth-order valence-corrected chi connectivity index (χ4v) is 1.94. The Morgan fingerprint density at radius 1 is 1.00 bits per heavy atom. The fraction of sp³-hybridized carbons (Fsp3) is 0.636. The van der Waals surface area contributed by atoms with Crippen LogP contribution in [0.5, 0.6) is 5.75 Å². The summed E-state index contributed by atoms with van der Waals surface area (Å²) in [6.07, 6.45) is 2.39. The summed E-state index contributed by atoms with van der Waals surface area (Å²) < 4.78 is 0. The average Bonchev–Trinajstić information content (AvgIpc) is 2.07. The molecule has 3 heterocycles. The van der Waals surface area contributed by atoms with Crippen LogP contribution < -0.4 is 9.80 Å². The van der Waals surface area contributed by atoms with E-state index in [9.17, 15) is 5.11 Å². The molecule has 0 aliphatic carbocycles. The Kier molecular flexibility index (Phi) is 2.12. The van der Waals surface area contributed by atoms with Gasteiger partial charge in [0, 0.05) is 26.2 Å². The molecule has 0 aromatic carbocycles. The zero-order valence-electron chi connectivity index (χ0n) is 9.48. The molecule has 2 saturated heterocycles. The maximum atomic E-state index is 9.94. The van der Waals surface area contributed by atoms with Crippen LogP contribution >= 0.6 is 0 Å². The summed E-state index contributed by atoms with van der Waals surface area (Å²) in [5.74, 6) is 1.72. The lowest BCUT2D eigenvalue weighted by Crippen LogP contribution is -2.40. The molecule has 5 heteroatoms. The van der Waals surface area contributed by atoms with Gasteiger partial charge in [-0.2, -0.15) is 4.98 Å². The third-order valence-corrected chi connectivity index (χ3v) is 3.32. The quantitative estimate of drug-likeness (QED) is 0.803. The molecule has 1 aromatic heterocycles. The van der Waals surface area contributed by atoms with Gasteiger partial charge in [-0.3, -0.25) is 0 Å². The van der Waals surface area contributed by atoms with Gasteiger partial charge in [0.25, 0.3) is 0 Å². The number of hydrogen-bond acceptors (Lipinski definition) is 5. The average molecular weight is 220 g/mol. The fourth-order valence-electron chi connectivity index (χ4n) is 1.94. The van der Waals surface area contributed by atoms with Crippen LogP contribution in [0.25, 0.3) is 0 Å². The van der Waals surface area contributed by atoms with Crippen molar-refractivity contribution in [2.45, 2.75) is 19.8 Å². The first kappa shape index (κ1) is 9.69. The Morgan fingerprint density at radius 2 is 1.62 bits per heavy atom. The van der Waals surface area contributed by atoms with Gasteiger partial charge in [0.15, 0.2) is 11.6 Å². The first-order chi connectivity index (χ1) is 7.75. The van der Waals surface area contributed by atoms with Crippen molar-refractivity contribution in [2.24, 2.45) is 0 Å². The molecule has 0 spiro atoms. The van der Waals surface area contributed by atoms with Crippen LogP contribution in [0.4, 0.5) is 11.8 Å². The second-order valence-electron chi connectivity index (χ2n) is 4.46. The smallest absolute Gasteiger partial charge is 0.227 e. The summed E-state index contributed by atoms with van der Waals surface area (Å²) in [6, 6.07) is 0. The predicted molar refractivity (Wildman–Crippen MR) is 62.1 cm³/mol. The molecular weight excluding hydrogens is 204 g/mol. The summed E-state index contributed by atoms with van der Waals surface area (Å²) in [5, 5.41) is 9.94. The van der Waals surface area contributed by atoms with Crippen LogP contribution in [0, 0.1) is 6.92 Å². The molecule has 0 radical (unpaired) electrons. The van der Waals surface area contributed by atoms with Gasteiger partial charge >= 0.3 is 0 Å². The van der Waals surface area contributed by atoms with E-state index in [4.69, 9.17) is 0 Å². The van der Waals surface area contributed by atoms with E-state index in [0.29, 0.717) is 11.5 Å². The number of aromatic hydroxyl groups is 1. The van der Waals surface area contributed by atoms with E-state index in [1.165, 1.54) is 12.8 Å². The van der Waals surface area contributed by atoms with Crippen LogP contribution in [-0.2, 0) is 0 Å². The Labute approximate surface area is 94.7 Å². The molecule has 2 aliphatic heterocycles. The molecule has 0 unspecified atom stereocenters. The molecule has 2 aliphatic rings. The van der Waals surface area contributed by atoms with Gasteiger partial charge in [-0.25, -0.2) is 4.98 Å². The van der Waals surface area contributed by atoms with Crippen molar-refractivity contribution < 1.29 is 5.11 Å². The summed E-state index contributed by atoms with van der Waals surface area (Å²) in [5.41, 5.74) is 0.679. The first-order valence-electron chi connectivity index (χ1n) is 5.83. The molecule has 0 bridgehead atoms. The highest BCUT2D eigenvalue weighted by atomic mass is 16.3. The summed E-state index contributed by atoms with van der Waals surface area (Å²) in [4.78, 5) is 13.1. The topological polar surface area (TPSA) is 52.5 Å². The van der Waals surface area contributed by atoms with Crippen molar-refractivity contribution in [2.75, 3.05) is 36.0 Å². The van der Waals surface area contributed by atoms with Gasteiger partial charge in [-0.15, -0.1) is 0 Å². The van der Waals surface area contributed by atoms with Crippen molar-refractivity contribution in [3.63, 3.8) is 0 Å². The minimum absolute atomic E-state index is 0.240. The molecule has 0 atom stereocenters. The van der Waals surface area contributed by atoms with Gasteiger partial charge in [0.05, 0.1) is 5.69 Å². The van der Waals surface area contributed by atoms with Crippen LogP contribution in [0.15, 0.2) is 0 Å². The second kappa shape index (κ2) is 3.50. The largest absolute Gasteiger partial charge is 0.503 e. The van der Waals surface area contributed by atoms with Crippen molar-refractivity contribution in [1.82, 2.24) is 9.97 Å². The van der Waals surface area contributed by atoms with E-state index in [2.05, 4.69) is 19.8 Å². The second-order valence-corrected chi connectivity index (χ2v) is 4.46. The molecule has 1 N–H and O–H groups in total. The maximum Gasteiger partial charge on any atom is 0.227 e. The Bertz CT molecular complexity index is 413. The van der Waals surface area contributed by atoms with Crippen molar-refractivity contribution >= 4 is 11.8 Å². The van der Waals surface area contributed by atoms with Crippen LogP contribution in [0.3, 0.4) is 0 Å². The SMILES string of the molecule is Cc1nc(N2CCC2)nc(N2CCC2)c1O. The molecule has 5 nitrogen and oxygen atoms in total. The molecule has 0 saturated carbocycles. The zero-order chi connectivity index (χ0) is 11.1. The van der Waals surface area contributed by atoms with Crippen LogP contribution in [0.1, 0.15) is 18.5 Å². The van der Waals surface area contributed by atoms with Gasteiger partial charge in [0.2, 0.25) is 5.95 Å². The van der Waals surface area contributed by atoms with E-state index in [1.54, 1.807) is 0 Å². The van der Waals surface area contributed by atoms with Gasteiger partial charge in [-0.1, -0.05) is 0 Å². The van der Waals surface area contributed by atoms with Crippen LogP contribution in [0.2, 0.25) is 0 Å². The lowest BCUT2D eigenvalue weighted by atomic mass is 10.2. The highest BCUT2D eigenvalue weighted by molar-refractivity contribution is 5.58. The standard InChI is InChI=1S/C11H16N4O/c1-8-9(16)10(14-4-2-5-14)13-11(12-8)15-6-3-7-15/h16H,2-7H2,1H3. The third kappa shape index (κ3) is 1.38. The molecule has 16 heavy (non-hydrogen) atoms. The Morgan fingerprint density at radius 3 is 2.12 bits per heavy atom. The highest BCUT2D eigenvalue weighted by Crippen LogP contribution is 2.32. The van der Waals surface area contributed by atoms with E-state index < -0.39 is 0 Å². The normalized spacial score (nSPS) is 19.3. The van der Waals surface area contributed by atoms with Crippen molar-refractivity contribution in [3.8, 4) is 5.75 Å². The van der Waals surface area contributed by atoms with Gasteiger partial charge in [0.1, 0.15) is 0 Å². The Balaban J connectivity index is 1.97. The summed E-state index contributed by atoms with van der Waals surface area (Å²) in [7, 11) is 0. The molecule has 2 fully saturated rings. The number of nitrogens with zero attached hydrogens (tertiary/aromatic N) is 4. The number of aryl methyl sites for hydroxylation is 1. The van der Waals surface area contributed by atoms with E-state index in [-0.39, 0.29) is 5.75 Å². The molecule has 1 aromatic rings. The minimum atomic E-state index is 0.240. The van der Waals surface area contributed by atoms with E-state index in [0.717, 1.165) is 32.1 Å². The third-order valence-electron chi connectivity index (χ3n) is 3.32. The van der Waals surface area contributed by atoms with Crippen LogP contribution in [-0.4, -0.2) is 41.3 Å². The lowest BCUT2D eigenvalue weighted by molar-refractivity contribution is 0.455. The first-order valence-corrected chi connectivity index (χ1v) is 5.83. The van der Waals surface area contributed by atoms with Crippen molar-refractivity contribution in [3.05, 3.63) is 5.69 Å². The number of anilines is 2. The summed E-state index contributed by atoms with van der Waals surface area (Å²) >= 11 is 0. The zero-order valence-corrected chi connectivity index (χ0v) is 9.48. The number of rotatable bonds is 2. The van der Waals surface area contributed by atoms with E-state index >= 15 is 0 Å². The predicted octanol–water partition coefficient (Wildman–Crippen LogP) is 0.911. The summed E-state index contributed by atoms with van der Waals surface area (Å²) in [6.45, 7) is 5.88. The molecular formula is C11H16N4O. The number of hydrogen-bond donors (Lipinski definition) is 1. The van der Waals surface area contributed by atoms with Crippen molar-refractivity contribution in [1.29, 1.82) is 0 Å². The molecule has 3 rings (SSSR count). The lowest BCUT2D eigenvalue weighted by Gasteiger charge is -2.35. The van der Waals surface area contributed by atoms with Gasteiger partial charge < -0.3 is 14.9 Å². The van der Waals surface area contributed by atoms with Gasteiger partial charge in [-0.05, 0) is 19.8 Å². The van der Waals surface area contributed by atoms with E-state index in [1.807, 2.05) is 6.92 Å².